The van der Waals surface area contributed by atoms with Crippen molar-refractivity contribution in [1.82, 2.24) is 0 Å². The zero-order valence-electron chi connectivity index (χ0n) is 20.4. The van der Waals surface area contributed by atoms with Gasteiger partial charge in [0.25, 0.3) is 0 Å². The van der Waals surface area contributed by atoms with Gasteiger partial charge in [0.2, 0.25) is 0 Å². The number of hydrogen-bond acceptors (Lipinski definition) is 1. The van der Waals surface area contributed by atoms with Crippen LogP contribution in [0.2, 0.25) is 0 Å². The third-order valence-electron chi connectivity index (χ3n) is 11.3. The van der Waals surface area contributed by atoms with E-state index in [9.17, 15) is 5.11 Å². The molecule has 5 rings (SSSR count). The summed E-state index contributed by atoms with van der Waals surface area (Å²) >= 11 is 0. The lowest BCUT2D eigenvalue weighted by Crippen LogP contribution is -2.53. The van der Waals surface area contributed by atoms with Gasteiger partial charge in [-0.2, -0.15) is 0 Å². The Kier molecular flexibility index (Phi) is 5.13. The van der Waals surface area contributed by atoms with E-state index < -0.39 is 0 Å². The van der Waals surface area contributed by atoms with Crippen LogP contribution in [0.5, 0.6) is 0 Å². The maximum absolute atomic E-state index is 10.8. The molecule has 1 unspecified atom stereocenters. The Balaban J connectivity index is 1.42. The van der Waals surface area contributed by atoms with Crippen LogP contribution in [0.15, 0.2) is 22.8 Å². The van der Waals surface area contributed by atoms with Gasteiger partial charge in [0.1, 0.15) is 0 Å². The summed E-state index contributed by atoms with van der Waals surface area (Å²) in [6, 6.07) is 0. The summed E-state index contributed by atoms with van der Waals surface area (Å²) in [6.07, 6.45) is 18.7. The van der Waals surface area contributed by atoms with Crippen molar-refractivity contribution in [1.29, 1.82) is 0 Å². The molecule has 6 atom stereocenters. The largest absolute Gasteiger partial charge is 0.393 e. The van der Waals surface area contributed by atoms with Crippen LogP contribution in [0.3, 0.4) is 0 Å². The number of hydrogen-bond donors (Lipinski definition) is 1. The standard InChI is InChI=1S/C29H46O/c1-19(18-20-8-6-7-9-20)22-11-12-23-21-10-13-25-27(2,3)26(30)15-17-29(25,5)24(21)14-16-28(22,23)4/h12,19-20,22,25-26,30H,6-11,13-18H2,1-5H3/t19?,22-,25+,26+,28-,29-/m1/s1. The molecule has 0 amide bonds. The third kappa shape index (κ3) is 2.96. The van der Waals surface area contributed by atoms with Crippen molar-refractivity contribution >= 4 is 0 Å². The highest BCUT2D eigenvalue weighted by Gasteiger charge is 2.57. The van der Waals surface area contributed by atoms with E-state index in [1.54, 1.807) is 11.1 Å². The molecule has 0 aliphatic heterocycles. The van der Waals surface area contributed by atoms with E-state index in [0.717, 1.165) is 24.2 Å². The number of aliphatic hydroxyl groups excluding tert-OH is 1. The fourth-order valence-electron chi connectivity index (χ4n) is 9.51. The van der Waals surface area contributed by atoms with E-state index >= 15 is 0 Å². The van der Waals surface area contributed by atoms with Gasteiger partial charge in [-0.15, -0.1) is 0 Å². The molecular weight excluding hydrogens is 364 g/mol. The van der Waals surface area contributed by atoms with Gasteiger partial charge in [-0.3, -0.25) is 0 Å². The van der Waals surface area contributed by atoms with Crippen molar-refractivity contribution in [3.63, 3.8) is 0 Å². The molecule has 168 valence electrons. The van der Waals surface area contributed by atoms with Gasteiger partial charge in [-0.05, 0) is 102 Å². The second kappa shape index (κ2) is 7.23. The Bertz CT molecular complexity index is 750. The lowest BCUT2D eigenvalue weighted by molar-refractivity contribution is -0.0905. The molecule has 1 nitrogen and oxygen atoms in total. The first-order valence-corrected chi connectivity index (χ1v) is 13.3. The Labute approximate surface area is 185 Å². The second-order valence-corrected chi connectivity index (χ2v) is 13.1. The summed E-state index contributed by atoms with van der Waals surface area (Å²) in [4.78, 5) is 0. The number of aliphatic hydroxyl groups is 1. The SMILES string of the molecule is CC(CC1CCCC1)[C@H]1CC=C2C3=C(CC[C@@]21C)[C@@]1(C)CC[C@H](O)C(C)(C)[C@@H]1CC3. The Morgan fingerprint density at radius 3 is 2.43 bits per heavy atom. The smallest absolute Gasteiger partial charge is 0.0594 e. The Morgan fingerprint density at radius 2 is 1.70 bits per heavy atom. The van der Waals surface area contributed by atoms with E-state index in [-0.39, 0.29) is 11.5 Å². The first-order valence-electron chi connectivity index (χ1n) is 13.3. The fraction of sp³-hybridized carbons (Fsp3) is 0.862. The minimum Gasteiger partial charge on any atom is -0.393 e. The summed E-state index contributed by atoms with van der Waals surface area (Å²) < 4.78 is 0. The topological polar surface area (TPSA) is 20.2 Å². The van der Waals surface area contributed by atoms with Crippen LogP contribution < -0.4 is 0 Å². The second-order valence-electron chi connectivity index (χ2n) is 13.1. The molecule has 5 aliphatic carbocycles. The normalized spacial score (nSPS) is 44.3. The highest BCUT2D eigenvalue weighted by atomic mass is 16.3. The van der Waals surface area contributed by atoms with Crippen LogP contribution in [0, 0.1) is 39.9 Å². The van der Waals surface area contributed by atoms with E-state index in [1.165, 1.54) is 70.6 Å². The Morgan fingerprint density at radius 1 is 0.967 bits per heavy atom. The fourth-order valence-corrected chi connectivity index (χ4v) is 9.51. The average Bonchev–Trinajstić information content (AvgIpc) is 3.32. The first kappa shape index (κ1) is 21.3. The molecule has 0 aromatic carbocycles. The zero-order valence-corrected chi connectivity index (χ0v) is 20.4. The van der Waals surface area contributed by atoms with Crippen LogP contribution in [-0.4, -0.2) is 11.2 Å². The van der Waals surface area contributed by atoms with Gasteiger partial charge in [0.05, 0.1) is 6.10 Å². The molecule has 2 fully saturated rings. The minimum atomic E-state index is -0.127. The van der Waals surface area contributed by atoms with Gasteiger partial charge < -0.3 is 5.11 Å². The van der Waals surface area contributed by atoms with E-state index in [2.05, 4.69) is 40.7 Å². The maximum atomic E-state index is 10.8. The zero-order chi connectivity index (χ0) is 21.3. The summed E-state index contributed by atoms with van der Waals surface area (Å²) in [5.74, 6) is 3.37. The molecule has 5 aliphatic rings. The first-order chi connectivity index (χ1) is 14.2. The summed E-state index contributed by atoms with van der Waals surface area (Å²) in [5, 5.41) is 10.8. The van der Waals surface area contributed by atoms with Crippen molar-refractivity contribution in [3.8, 4) is 0 Å². The Hall–Kier alpha value is -0.560. The molecule has 0 radical (unpaired) electrons. The molecule has 0 bridgehead atoms. The van der Waals surface area contributed by atoms with Crippen LogP contribution in [-0.2, 0) is 0 Å². The molecule has 0 aromatic heterocycles. The molecule has 30 heavy (non-hydrogen) atoms. The molecule has 2 saturated carbocycles. The van der Waals surface area contributed by atoms with Crippen molar-refractivity contribution < 1.29 is 5.11 Å². The lowest BCUT2D eigenvalue weighted by Gasteiger charge is -2.59. The molecule has 0 spiro atoms. The molecule has 1 N–H and O–H groups in total. The van der Waals surface area contributed by atoms with Crippen molar-refractivity contribution in [3.05, 3.63) is 22.8 Å². The predicted molar refractivity (Wildman–Crippen MR) is 126 cm³/mol. The number of rotatable bonds is 3. The van der Waals surface area contributed by atoms with E-state index in [4.69, 9.17) is 0 Å². The third-order valence-corrected chi connectivity index (χ3v) is 11.3. The monoisotopic (exact) mass is 410 g/mol. The average molecular weight is 411 g/mol. The lowest BCUT2D eigenvalue weighted by atomic mass is 9.46. The van der Waals surface area contributed by atoms with Crippen LogP contribution in [0.4, 0.5) is 0 Å². The van der Waals surface area contributed by atoms with Gasteiger partial charge in [0.15, 0.2) is 0 Å². The van der Waals surface area contributed by atoms with Crippen molar-refractivity contribution in [2.75, 3.05) is 0 Å². The summed E-state index contributed by atoms with van der Waals surface area (Å²) in [7, 11) is 0. The molecule has 1 heteroatoms. The van der Waals surface area contributed by atoms with Gasteiger partial charge in [0, 0.05) is 0 Å². The van der Waals surface area contributed by atoms with Crippen LogP contribution in [0.25, 0.3) is 0 Å². The molecule has 0 saturated heterocycles. The highest BCUT2D eigenvalue weighted by Crippen LogP contribution is 2.66. The van der Waals surface area contributed by atoms with E-state index in [0.29, 0.717) is 16.7 Å². The van der Waals surface area contributed by atoms with Crippen LogP contribution in [0.1, 0.15) is 112 Å². The van der Waals surface area contributed by atoms with Gasteiger partial charge in [-0.1, -0.05) is 72.0 Å². The summed E-state index contributed by atoms with van der Waals surface area (Å²) in [5.41, 5.74) is 6.15. The van der Waals surface area contributed by atoms with Crippen LogP contribution >= 0.6 is 0 Å². The molecule has 0 heterocycles. The van der Waals surface area contributed by atoms with Gasteiger partial charge >= 0.3 is 0 Å². The summed E-state index contributed by atoms with van der Waals surface area (Å²) in [6.45, 7) is 12.5. The van der Waals surface area contributed by atoms with Crippen molar-refractivity contribution in [2.45, 2.75) is 118 Å². The number of allylic oxidation sites excluding steroid dienone is 4. The van der Waals surface area contributed by atoms with Gasteiger partial charge in [-0.25, -0.2) is 0 Å². The van der Waals surface area contributed by atoms with Crippen molar-refractivity contribution in [2.24, 2.45) is 39.9 Å². The minimum absolute atomic E-state index is 0.0503. The molecule has 0 aromatic rings. The van der Waals surface area contributed by atoms with E-state index in [1.807, 2.05) is 5.57 Å². The molecular formula is C29H46O. The predicted octanol–water partition coefficient (Wildman–Crippen LogP) is 7.84. The number of fused-ring (bicyclic) bond motifs is 4. The quantitative estimate of drug-likeness (QED) is 0.502. The highest BCUT2D eigenvalue weighted by molar-refractivity contribution is 5.49. The maximum Gasteiger partial charge on any atom is 0.0594 e.